The summed E-state index contributed by atoms with van der Waals surface area (Å²) >= 11 is 2.95. The molecular formula is C9H16N2O3S2. The molecule has 0 aliphatic carbocycles. The van der Waals surface area contributed by atoms with E-state index in [-0.39, 0.29) is 6.10 Å². The van der Waals surface area contributed by atoms with Gasteiger partial charge in [-0.15, -0.1) is 10.2 Å². The maximum absolute atomic E-state index is 9.63. The minimum Gasteiger partial charge on any atom is -0.390 e. The van der Waals surface area contributed by atoms with Gasteiger partial charge in [0, 0.05) is 12.9 Å². The summed E-state index contributed by atoms with van der Waals surface area (Å²) in [6.45, 7) is 2.76. The molecule has 5 nitrogen and oxygen atoms in total. The fraction of sp³-hybridized carbons (Fsp3) is 0.778. The van der Waals surface area contributed by atoms with Gasteiger partial charge < -0.3 is 14.6 Å². The molecule has 0 bridgehead atoms. The lowest BCUT2D eigenvalue weighted by molar-refractivity contribution is -0.0257. The molecule has 0 aromatic carbocycles. The van der Waals surface area contributed by atoms with Gasteiger partial charge in [0.05, 0.1) is 25.4 Å². The van der Waals surface area contributed by atoms with E-state index in [0.717, 1.165) is 4.34 Å². The second-order valence-corrected chi connectivity index (χ2v) is 5.37. The summed E-state index contributed by atoms with van der Waals surface area (Å²) in [5.74, 6) is 0.564. The maximum Gasteiger partial charge on any atom is 0.174 e. The maximum atomic E-state index is 9.63. The van der Waals surface area contributed by atoms with Crippen LogP contribution in [-0.4, -0.2) is 53.6 Å². The molecule has 0 amide bonds. The van der Waals surface area contributed by atoms with Crippen LogP contribution in [0, 0.1) is 0 Å². The Morgan fingerprint density at radius 2 is 2.38 bits per heavy atom. The van der Waals surface area contributed by atoms with Gasteiger partial charge in [0.25, 0.3) is 0 Å². The van der Waals surface area contributed by atoms with Crippen molar-refractivity contribution in [2.24, 2.45) is 0 Å². The first-order valence-electron chi connectivity index (χ1n) is 4.90. The first-order valence-corrected chi connectivity index (χ1v) is 6.76. The Hall–Kier alpha value is -0.210. The van der Waals surface area contributed by atoms with Gasteiger partial charge in [-0.1, -0.05) is 23.1 Å². The highest BCUT2D eigenvalue weighted by molar-refractivity contribution is 8.01. The molecule has 2 unspecified atom stereocenters. The lowest BCUT2D eigenvalue weighted by atomic mass is 10.4. The smallest absolute Gasteiger partial charge is 0.174 e. The van der Waals surface area contributed by atoms with Crippen molar-refractivity contribution in [1.82, 2.24) is 10.2 Å². The number of nitrogens with zero attached hydrogens (tertiary/aromatic N) is 2. The van der Waals surface area contributed by atoms with E-state index in [4.69, 9.17) is 9.47 Å². The highest BCUT2D eigenvalue weighted by Gasteiger charge is 2.09. The van der Waals surface area contributed by atoms with Crippen molar-refractivity contribution in [2.75, 3.05) is 26.1 Å². The average molecular weight is 264 g/mol. The fourth-order valence-corrected chi connectivity index (χ4v) is 2.42. The van der Waals surface area contributed by atoms with Crippen molar-refractivity contribution < 1.29 is 14.6 Å². The standard InChI is InChI=1S/C9H16N2O3S2/c1-7(3-13-2)14-4-8(12)5-15-9-11-10-6-16-9/h6-8,12H,3-5H2,1-2H3. The topological polar surface area (TPSA) is 64.5 Å². The number of aliphatic hydroxyl groups is 1. The van der Waals surface area contributed by atoms with Crippen LogP contribution in [0.4, 0.5) is 0 Å². The number of aliphatic hydroxyl groups excluding tert-OH is 1. The van der Waals surface area contributed by atoms with E-state index in [9.17, 15) is 5.11 Å². The van der Waals surface area contributed by atoms with Crippen LogP contribution in [-0.2, 0) is 9.47 Å². The highest BCUT2D eigenvalue weighted by Crippen LogP contribution is 2.19. The van der Waals surface area contributed by atoms with Gasteiger partial charge in [0.2, 0.25) is 0 Å². The number of hydrogen-bond acceptors (Lipinski definition) is 7. The fourth-order valence-electron chi connectivity index (χ4n) is 1.000. The summed E-state index contributed by atoms with van der Waals surface area (Å²) in [6.07, 6.45) is -0.487. The molecule has 0 saturated heterocycles. The second-order valence-electron chi connectivity index (χ2n) is 3.27. The number of thioether (sulfide) groups is 1. The highest BCUT2D eigenvalue weighted by atomic mass is 32.2. The molecule has 1 N–H and O–H groups in total. The van der Waals surface area contributed by atoms with Gasteiger partial charge in [0.1, 0.15) is 5.51 Å². The summed E-state index contributed by atoms with van der Waals surface area (Å²) in [4.78, 5) is 0. The lowest BCUT2D eigenvalue weighted by Crippen LogP contribution is -2.24. The van der Waals surface area contributed by atoms with Crippen molar-refractivity contribution in [3.05, 3.63) is 5.51 Å². The average Bonchev–Trinajstić information content (AvgIpc) is 2.77. The Balaban J connectivity index is 2.09. The van der Waals surface area contributed by atoms with Crippen molar-refractivity contribution in [1.29, 1.82) is 0 Å². The van der Waals surface area contributed by atoms with E-state index in [1.807, 2.05) is 6.92 Å². The largest absolute Gasteiger partial charge is 0.390 e. The Bertz CT molecular complexity index is 272. The Morgan fingerprint density at radius 3 is 3.00 bits per heavy atom. The number of aromatic nitrogens is 2. The van der Waals surface area contributed by atoms with E-state index in [0.29, 0.717) is 19.0 Å². The van der Waals surface area contributed by atoms with Crippen molar-refractivity contribution in [2.45, 2.75) is 23.5 Å². The summed E-state index contributed by atoms with van der Waals surface area (Å²) < 4.78 is 11.2. The molecule has 0 fully saturated rings. The van der Waals surface area contributed by atoms with Crippen LogP contribution in [0.2, 0.25) is 0 Å². The molecule has 1 heterocycles. The minimum atomic E-state index is -0.492. The third-order valence-corrected chi connectivity index (χ3v) is 3.72. The summed E-state index contributed by atoms with van der Waals surface area (Å²) in [7, 11) is 1.63. The van der Waals surface area contributed by atoms with Crippen LogP contribution in [0.15, 0.2) is 9.85 Å². The zero-order chi connectivity index (χ0) is 11.8. The molecular weight excluding hydrogens is 248 g/mol. The van der Waals surface area contributed by atoms with Crippen molar-refractivity contribution in [3.8, 4) is 0 Å². The van der Waals surface area contributed by atoms with E-state index < -0.39 is 6.10 Å². The molecule has 0 spiro atoms. The first-order chi connectivity index (χ1) is 7.72. The van der Waals surface area contributed by atoms with Crippen LogP contribution < -0.4 is 0 Å². The molecule has 1 aromatic heterocycles. The number of ether oxygens (including phenoxy) is 2. The van der Waals surface area contributed by atoms with Crippen molar-refractivity contribution in [3.63, 3.8) is 0 Å². The predicted octanol–water partition coefficient (Wildman–Crippen LogP) is 1.04. The first kappa shape index (κ1) is 13.9. The van der Waals surface area contributed by atoms with Crippen LogP contribution >= 0.6 is 23.1 Å². The number of methoxy groups -OCH3 is 1. The number of rotatable bonds is 8. The minimum absolute atomic E-state index is 0.00572. The molecule has 0 radical (unpaired) electrons. The molecule has 0 aliphatic heterocycles. The zero-order valence-electron chi connectivity index (χ0n) is 9.33. The molecule has 92 valence electrons. The van der Waals surface area contributed by atoms with Crippen LogP contribution in [0.3, 0.4) is 0 Å². The quantitative estimate of drug-likeness (QED) is 0.708. The van der Waals surface area contributed by atoms with E-state index in [1.54, 1.807) is 12.6 Å². The SMILES string of the molecule is COCC(C)OCC(O)CSc1nncs1. The molecule has 16 heavy (non-hydrogen) atoms. The monoisotopic (exact) mass is 264 g/mol. The van der Waals surface area contributed by atoms with E-state index >= 15 is 0 Å². The van der Waals surface area contributed by atoms with Gasteiger partial charge in [-0.25, -0.2) is 0 Å². The van der Waals surface area contributed by atoms with Crippen LogP contribution in [0.25, 0.3) is 0 Å². The van der Waals surface area contributed by atoms with Gasteiger partial charge in [-0.3, -0.25) is 0 Å². The summed E-state index contributed by atoms with van der Waals surface area (Å²) in [6, 6.07) is 0. The molecule has 1 aromatic rings. The van der Waals surface area contributed by atoms with Gasteiger partial charge >= 0.3 is 0 Å². The zero-order valence-corrected chi connectivity index (χ0v) is 11.0. The summed E-state index contributed by atoms with van der Waals surface area (Å²) in [5, 5.41) is 17.2. The third-order valence-electron chi connectivity index (χ3n) is 1.71. The molecule has 0 aliphatic rings. The van der Waals surface area contributed by atoms with Crippen molar-refractivity contribution >= 4 is 23.1 Å². The molecule has 7 heteroatoms. The third kappa shape index (κ3) is 5.76. The normalized spacial score (nSPS) is 14.9. The summed E-state index contributed by atoms with van der Waals surface area (Å²) in [5.41, 5.74) is 1.67. The van der Waals surface area contributed by atoms with Gasteiger partial charge in [-0.05, 0) is 6.92 Å². The Labute approximate surface area is 103 Å². The lowest BCUT2D eigenvalue weighted by Gasteiger charge is -2.14. The number of hydrogen-bond donors (Lipinski definition) is 1. The van der Waals surface area contributed by atoms with E-state index in [2.05, 4.69) is 10.2 Å². The molecule has 1 rings (SSSR count). The van der Waals surface area contributed by atoms with E-state index in [1.165, 1.54) is 23.1 Å². The molecule has 2 atom stereocenters. The van der Waals surface area contributed by atoms with Gasteiger partial charge in [-0.2, -0.15) is 0 Å². The Kier molecular flexibility index (Phi) is 6.90. The van der Waals surface area contributed by atoms with Crippen LogP contribution in [0.1, 0.15) is 6.92 Å². The van der Waals surface area contributed by atoms with Gasteiger partial charge in [0.15, 0.2) is 4.34 Å². The second kappa shape index (κ2) is 7.97. The van der Waals surface area contributed by atoms with Crippen LogP contribution in [0.5, 0.6) is 0 Å². The molecule has 0 saturated carbocycles. The Morgan fingerprint density at radius 1 is 1.56 bits per heavy atom. The predicted molar refractivity (Wildman–Crippen MR) is 63.9 cm³/mol.